The maximum Gasteiger partial charge on any atom is 0.329 e. The summed E-state index contributed by atoms with van der Waals surface area (Å²) in [4.78, 5) is 40.4. The summed E-state index contributed by atoms with van der Waals surface area (Å²) in [5.74, 6) is 0. The minimum Gasteiger partial charge on any atom is -0.281 e. The molecule has 0 aliphatic rings. The standard InChI is InChI=1S/C14H10N4O4/c1-17-12-11(13(19)16-14(17)20)10(5-6-15-12)8-3-2-4-9(7-8)18(21)22/h2-7H,1H3,(H,16,19,20). The van der Waals surface area contributed by atoms with E-state index in [0.717, 1.165) is 0 Å². The molecule has 0 aliphatic carbocycles. The number of hydrogen-bond acceptors (Lipinski definition) is 5. The fraction of sp³-hybridized carbons (Fsp3) is 0.0714. The molecule has 3 rings (SSSR count). The van der Waals surface area contributed by atoms with Gasteiger partial charge >= 0.3 is 5.69 Å². The number of benzene rings is 1. The Morgan fingerprint density at radius 3 is 2.77 bits per heavy atom. The molecule has 110 valence electrons. The SMILES string of the molecule is Cn1c(=O)[nH]c(=O)c2c(-c3cccc([N+](=O)[O-])c3)ccnc21. The van der Waals surface area contributed by atoms with Gasteiger partial charge in [-0.05, 0) is 17.2 Å². The van der Waals surface area contributed by atoms with Crippen molar-refractivity contribution in [3.05, 3.63) is 67.5 Å². The lowest BCUT2D eigenvalue weighted by Crippen LogP contribution is -2.29. The topological polar surface area (TPSA) is 111 Å². The number of aryl methyl sites for hydroxylation is 1. The lowest BCUT2D eigenvalue weighted by Gasteiger charge is -2.07. The van der Waals surface area contributed by atoms with Gasteiger partial charge in [-0.3, -0.25) is 24.5 Å². The summed E-state index contributed by atoms with van der Waals surface area (Å²) in [6.45, 7) is 0. The zero-order valence-electron chi connectivity index (χ0n) is 11.4. The number of pyridine rings is 1. The van der Waals surface area contributed by atoms with E-state index in [1.165, 1.54) is 36.0 Å². The molecule has 2 heterocycles. The lowest BCUT2D eigenvalue weighted by molar-refractivity contribution is -0.384. The fourth-order valence-corrected chi connectivity index (χ4v) is 2.30. The quantitative estimate of drug-likeness (QED) is 0.564. The largest absolute Gasteiger partial charge is 0.329 e. The minimum atomic E-state index is -0.576. The molecular formula is C14H10N4O4. The van der Waals surface area contributed by atoms with Crippen LogP contribution in [0.2, 0.25) is 0 Å². The molecule has 1 aromatic carbocycles. The number of aromatic amines is 1. The molecule has 0 amide bonds. The van der Waals surface area contributed by atoms with Crippen LogP contribution in [0.3, 0.4) is 0 Å². The van der Waals surface area contributed by atoms with Crippen LogP contribution in [0.15, 0.2) is 46.1 Å². The Kier molecular flexibility index (Phi) is 3.06. The number of H-pyrrole nitrogens is 1. The Bertz CT molecular complexity index is 1020. The maximum atomic E-state index is 12.1. The second-order valence-corrected chi connectivity index (χ2v) is 4.68. The van der Waals surface area contributed by atoms with Gasteiger partial charge in [-0.1, -0.05) is 12.1 Å². The number of nitro groups is 1. The van der Waals surface area contributed by atoms with Crippen molar-refractivity contribution >= 4 is 16.7 Å². The number of fused-ring (bicyclic) bond motifs is 1. The van der Waals surface area contributed by atoms with Gasteiger partial charge in [0.25, 0.3) is 11.2 Å². The molecule has 0 fully saturated rings. The van der Waals surface area contributed by atoms with E-state index < -0.39 is 16.2 Å². The van der Waals surface area contributed by atoms with Gasteiger partial charge in [0.15, 0.2) is 0 Å². The first-order valence-corrected chi connectivity index (χ1v) is 6.32. The lowest BCUT2D eigenvalue weighted by atomic mass is 10.0. The Hall–Kier alpha value is -3.29. The summed E-state index contributed by atoms with van der Waals surface area (Å²) >= 11 is 0. The normalized spacial score (nSPS) is 10.8. The summed E-state index contributed by atoms with van der Waals surface area (Å²) in [6.07, 6.45) is 1.45. The van der Waals surface area contributed by atoms with E-state index in [0.29, 0.717) is 11.1 Å². The van der Waals surface area contributed by atoms with Crippen molar-refractivity contribution in [2.24, 2.45) is 7.05 Å². The number of nitrogens with zero attached hydrogens (tertiary/aromatic N) is 3. The Balaban J connectivity index is 2.40. The number of non-ortho nitro benzene ring substituents is 1. The molecule has 0 saturated heterocycles. The second kappa shape index (κ2) is 4.92. The third-order valence-corrected chi connectivity index (χ3v) is 3.37. The van der Waals surface area contributed by atoms with Crippen molar-refractivity contribution in [1.29, 1.82) is 0 Å². The Labute approximate surface area is 122 Å². The molecule has 0 aliphatic heterocycles. The molecule has 0 unspecified atom stereocenters. The van der Waals surface area contributed by atoms with E-state index >= 15 is 0 Å². The van der Waals surface area contributed by atoms with Crippen molar-refractivity contribution < 1.29 is 4.92 Å². The molecular weight excluding hydrogens is 288 g/mol. The average molecular weight is 298 g/mol. The van der Waals surface area contributed by atoms with Crippen LogP contribution in [0.25, 0.3) is 22.2 Å². The van der Waals surface area contributed by atoms with Gasteiger partial charge in [-0.15, -0.1) is 0 Å². The van der Waals surface area contributed by atoms with Crippen molar-refractivity contribution in [3.63, 3.8) is 0 Å². The molecule has 2 aromatic heterocycles. The molecule has 0 saturated carbocycles. The molecule has 0 spiro atoms. The van der Waals surface area contributed by atoms with E-state index in [2.05, 4.69) is 9.97 Å². The minimum absolute atomic E-state index is 0.0799. The first-order valence-electron chi connectivity index (χ1n) is 6.32. The van der Waals surface area contributed by atoms with Crippen LogP contribution in [-0.2, 0) is 7.05 Å². The van der Waals surface area contributed by atoms with E-state index in [-0.39, 0.29) is 16.7 Å². The van der Waals surface area contributed by atoms with Crippen molar-refractivity contribution in [2.75, 3.05) is 0 Å². The summed E-state index contributed by atoms with van der Waals surface area (Å²) in [7, 11) is 1.49. The third kappa shape index (κ3) is 2.06. The molecule has 0 atom stereocenters. The smallest absolute Gasteiger partial charge is 0.281 e. The number of rotatable bonds is 2. The Morgan fingerprint density at radius 1 is 1.27 bits per heavy atom. The van der Waals surface area contributed by atoms with Crippen LogP contribution in [0, 0.1) is 10.1 Å². The van der Waals surface area contributed by atoms with Crippen LogP contribution in [0.5, 0.6) is 0 Å². The van der Waals surface area contributed by atoms with Crippen molar-refractivity contribution in [3.8, 4) is 11.1 Å². The summed E-state index contributed by atoms with van der Waals surface area (Å²) in [5, 5.41) is 11.1. The second-order valence-electron chi connectivity index (χ2n) is 4.68. The molecule has 1 N–H and O–H groups in total. The average Bonchev–Trinajstić information content (AvgIpc) is 2.52. The van der Waals surface area contributed by atoms with Crippen LogP contribution in [-0.4, -0.2) is 19.5 Å². The number of nitrogens with one attached hydrogen (secondary N) is 1. The predicted octanol–water partition coefficient (Wildman–Crippen LogP) is 1.20. The zero-order chi connectivity index (χ0) is 15.9. The van der Waals surface area contributed by atoms with Crippen molar-refractivity contribution in [1.82, 2.24) is 14.5 Å². The molecule has 0 bridgehead atoms. The van der Waals surface area contributed by atoms with E-state index in [4.69, 9.17) is 0 Å². The summed E-state index contributed by atoms with van der Waals surface area (Å²) < 4.78 is 1.22. The van der Waals surface area contributed by atoms with Crippen LogP contribution in [0.4, 0.5) is 5.69 Å². The van der Waals surface area contributed by atoms with Crippen LogP contribution in [0.1, 0.15) is 0 Å². The van der Waals surface area contributed by atoms with Crippen molar-refractivity contribution in [2.45, 2.75) is 0 Å². The van der Waals surface area contributed by atoms with Gasteiger partial charge in [-0.2, -0.15) is 0 Å². The highest BCUT2D eigenvalue weighted by molar-refractivity contribution is 5.92. The molecule has 3 aromatic rings. The summed E-state index contributed by atoms with van der Waals surface area (Å²) in [5.41, 5.74) is -0.0216. The predicted molar refractivity (Wildman–Crippen MR) is 79.7 cm³/mol. The van der Waals surface area contributed by atoms with Gasteiger partial charge in [0.2, 0.25) is 0 Å². The van der Waals surface area contributed by atoms with E-state index in [1.807, 2.05) is 0 Å². The van der Waals surface area contributed by atoms with Gasteiger partial charge in [0, 0.05) is 25.4 Å². The van der Waals surface area contributed by atoms with Gasteiger partial charge < -0.3 is 0 Å². The molecule has 22 heavy (non-hydrogen) atoms. The van der Waals surface area contributed by atoms with Gasteiger partial charge in [-0.25, -0.2) is 9.78 Å². The Morgan fingerprint density at radius 2 is 2.05 bits per heavy atom. The highest BCUT2D eigenvalue weighted by atomic mass is 16.6. The number of aromatic nitrogens is 3. The number of hydrogen-bond donors (Lipinski definition) is 1. The van der Waals surface area contributed by atoms with Crippen LogP contribution < -0.4 is 11.2 Å². The first-order chi connectivity index (χ1) is 10.5. The first kappa shape index (κ1) is 13.7. The van der Waals surface area contributed by atoms with Gasteiger partial charge in [0.1, 0.15) is 5.65 Å². The molecule has 8 nitrogen and oxygen atoms in total. The van der Waals surface area contributed by atoms with E-state index in [9.17, 15) is 19.7 Å². The third-order valence-electron chi connectivity index (χ3n) is 3.37. The summed E-state index contributed by atoms with van der Waals surface area (Å²) in [6, 6.07) is 7.52. The molecule has 8 heteroatoms. The highest BCUT2D eigenvalue weighted by Crippen LogP contribution is 2.27. The van der Waals surface area contributed by atoms with Crippen LogP contribution >= 0.6 is 0 Å². The highest BCUT2D eigenvalue weighted by Gasteiger charge is 2.14. The van der Waals surface area contributed by atoms with Gasteiger partial charge in [0.05, 0.1) is 10.3 Å². The fourth-order valence-electron chi connectivity index (χ4n) is 2.30. The molecule has 0 radical (unpaired) electrons. The number of nitro benzene ring substituents is 1. The zero-order valence-corrected chi connectivity index (χ0v) is 11.4. The van der Waals surface area contributed by atoms with E-state index in [1.54, 1.807) is 12.1 Å². The monoisotopic (exact) mass is 298 g/mol. The maximum absolute atomic E-state index is 12.1.